The summed E-state index contributed by atoms with van der Waals surface area (Å²) in [5.74, 6) is -2.48. The van der Waals surface area contributed by atoms with E-state index in [2.05, 4.69) is 15.3 Å². The maximum atomic E-state index is 14.4. The van der Waals surface area contributed by atoms with Gasteiger partial charge in [0.15, 0.2) is 11.6 Å². The van der Waals surface area contributed by atoms with Gasteiger partial charge in [0, 0.05) is 23.8 Å². The number of alkyl halides is 3. The Morgan fingerprint density at radius 2 is 1.79 bits per heavy atom. The summed E-state index contributed by atoms with van der Waals surface area (Å²) in [6.07, 6.45) is -1.80. The lowest BCUT2D eigenvalue weighted by Gasteiger charge is -2.41. The number of halogens is 5. The second-order valence-corrected chi connectivity index (χ2v) is 8.58. The van der Waals surface area contributed by atoms with Crippen molar-refractivity contribution in [2.45, 2.75) is 43.9 Å². The maximum absolute atomic E-state index is 14.4. The lowest BCUT2D eigenvalue weighted by atomic mass is 9.97. The van der Waals surface area contributed by atoms with E-state index >= 15 is 0 Å². The Balaban J connectivity index is 1.53. The molecule has 34 heavy (non-hydrogen) atoms. The van der Waals surface area contributed by atoms with Crippen molar-refractivity contribution in [2.24, 2.45) is 0 Å². The Morgan fingerprint density at radius 3 is 2.53 bits per heavy atom. The number of hydrogen-bond donors (Lipinski definition) is 2. The molecular formula is C21H21ClF4N6O2. The molecule has 1 aromatic heterocycles. The molecule has 0 saturated carbocycles. The fraction of sp³-hybridized carbons (Fsp3) is 0.429. The minimum absolute atomic E-state index is 0.0511. The van der Waals surface area contributed by atoms with Gasteiger partial charge in [0.1, 0.15) is 18.4 Å². The number of nitrogens with zero attached hydrogens (tertiary/aromatic N) is 4. The molecule has 0 unspecified atom stereocenters. The Kier molecular flexibility index (Phi) is 6.52. The van der Waals surface area contributed by atoms with Crippen LogP contribution in [0.1, 0.15) is 31.2 Å². The average molecular weight is 501 g/mol. The lowest BCUT2D eigenvalue weighted by Crippen LogP contribution is -2.59. The van der Waals surface area contributed by atoms with Crippen LogP contribution in [0.5, 0.6) is 0 Å². The Bertz CT molecular complexity index is 1120. The molecule has 3 N–H and O–H groups in total. The number of piperidine rings is 2. The first-order valence-electron chi connectivity index (χ1n) is 10.6. The number of carbonyl (C=O) groups is 2. The first-order valence-corrected chi connectivity index (χ1v) is 11.0. The van der Waals surface area contributed by atoms with Gasteiger partial charge in [-0.3, -0.25) is 14.5 Å². The zero-order chi connectivity index (χ0) is 24.6. The SMILES string of the molecule is Nc1ncnc(N2CCC[C@@H](N3CCC[C@@H](Nc4cc(Cl)cc(C(F)(F)F)c4)C3=O)C2=O)c1F. The second-order valence-electron chi connectivity index (χ2n) is 8.14. The number of hydrogen-bond acceptors (Lipinski definition) is 6. The third-order valence-electron chi connectivity index (χ3n) is 5.88. The number of aromatic nitrogens is 2. The first kappa shape index (κ1) is 24.0. The molecule has 4 rings (SSSR count). The number of carbonyl (C=O) groups excluding carboxylic acids is 2. The summed E-state index contributed by atoms with van der Waals surface area (Å²) in [7, 11) is 0. The van der Waals surface area contributed by atoms with Crippen molar-refractivity contribution in [1.29, 1.82) is 0 Å². The highest BCUT2D eigenvalue weighted by molar-refractivity contribution is 6.31. The predicted octanol–water partition coefficient (Wildman–Crippen LogP) is 3.47. The highest BCUT2D eigenvalue weighted by Crippen LogP contribution is 2.34. The van der Waals surface area contributed by atoms with Gasteiger partial charge < -0.3 is 16.0 Å². The van der Waals surface area contributed by atoms with Crippen LogP contribution in [0.3, 0.4) is 0 Å². The smallest absolute Gasteiger partial charge is 0.381 e. The molecule has 3 heterocycles. The molecule has 2 saturated heterocycles. The molecular weight excluding hydrogens is 480 g/mol. The summed E-state index contributed by atoms with van der Waals surface area (Å²) in [6, 6.07) is 1.29. The molecule has 2 aliphatic rings. The topological polar surface area (TPSA) is 104 Å². The van der Waals surface area contributed by atoms with Gasteiger partial charge in [-0.1, -0.05) is 11.6 Å². The molecule has 2 amide bonds. The van der Waals surface area contributed by atoms with E-state index in [-0.39, 0.29) is 23.1 Å². The van der Waals surface area contributed by atoms with Crippen molar-refractivity contribution in [1.82, 2.24) is 14.9 Å². The molecule has 182 valence electrons. The van der Waals surface area contributed by atoms with Crippen LogP contribution < -0.4 is 16.0 Å². The number of nitrogen functional groups attached to an aromatic ring is 1. The molecule has 13 heteroatoms. The molecule has 2 atom stereocenters. The lowest BCUT2D eigenvalue weighted by molar-refractivity contribution is -0.143. The standard InChI is InChI=1S/C21H21ClF4N6O2/c22-12-7-11(21(24,25)26)8-13(9-12)30-14-3-1-5-31(19(14)33)15-4-2-6-32(20(15)34)18-16(23)17(27)28-10-29-18/h7-10,14-15,30H,1-6H2,(H2,27,28,29)/t14-,15-/m1/s1. The van der Waals surface area contributed by atoms with Crippen molar-refractivity contribution in [3.63, 3.8) is 0 Å². The molecule has 1 aromatic carbocycles. The van der Waals surface area contributed by atoms with E-state index in [0.29, 0.717) is 32.2 Å². The van der Waals surface area contributed by atoms with Crippen LogP contribution in [0.25, 0.3) is 0 Å². The third kappa shape index (κ3) is 4.72. The van der Waals surface area contributed by atoms with E-state index in [1.54, 1.807) is 0 Å². The molecule has 2 aliphatic heterocycles. The fourth-order valence-corrected chi connectivity index (χ4v) is 4.53. The van der Waals surface area contributed by atoms with Crippen molar-refractivity contribution in [3.05, 3.63) is 40.9 Å². The number of nitrogens with two attached hydrogens (primary N) is 1. The van der Waals surface area contributed by atoms with Gasteiger partial charge in [-0.05, 0) is 43.9 Å². The van der Waals surface area contributed by atoms with Crippen LogP contribution in [0.4, 0.5) is 34.9 Å². The van der Waals surface area contributed by atoms with Crippen molar-refractivity contribution in [3.8, 4) is 0 Å². The molecule has 0 spiro atoms. The minimum atomic E-state index is -4.60. The van der Waals surface area contributed by atoms with Crippen LogP contribution in [0.15, 0.2) is 24.5 Å². The van der Waals surface area contributed by atoms with E-state index in [0.717, 1.165) is 23.4 Å². The van der Waals surface area contributed by atoms with Gasteiger partial charge in [0.05, 0.1) is 5.56 Å². The normalized spacial score (nSPS) is 21.7. The van der Waals surface area contributed by atoms with E-state index in [9.17, 15) is 27.2 Å². The summed E-state index contributed by atoms with van der Waals surface area (Å²) < 4.78 is 53.8. The van der Waals surface area contributed by atoms with Crippen molar-refractivity contribution in [2.75, 3.05) is 29.0 Å². The highest BCUT2D eigenvalue weighted by Gasteiger charge is 2.41. The Hall–Kier alpha value is -3.15. The molecule has 8 nitrogen and oxygen atoms in total. The first-order chi connectivity index (χ1) is 16.1. The van der Waals surface area contributed by atoms with Gasteiger partial charge in [0.2, 0.25) is 11.7 Å². The van der Waals surface area contributed by atoms with Crippen LogP contribution in [-0.4, -0.2) is 51.9 Å². The van der Waals surface area contributed by atoms with Gasteiger partial charge in [0.25, 0.3) is 5.91 Å². The second kappa shape index (κ2) is 9.24. The number of amides is 2. The molecule has 2 fully saturated rings. The number of rotatable bonds is 4. The zero-order valence-electron chi connectivity index (χ0n) is 17.8. The maximum Gasteiger partial charge on any atom is 0.416 e. The number of likely N-dealkylation sites (tertiary alicyclic amines) is 1. The molecule has 2 aromatic rings. The number of benzene rings is 1. The summed E-state index contributed by atoms with van der Waals surface area (Å²) in [5.41, 5.74) is 4.61. The summed E-state index contributed by atoms with van der Waals surface area (Å²) in [6.45, 7) is 0.494. The van der Waals surface area contributed by atoms with E-state index in [1.165, 1.54) is 11.0 Å². The number of nitrogens with one attached hydrogen (secondary N) is 1. The van der Waals surface area contributed by atoms with E-state index in [1.807, 2.05) is 0 Å². The van der Waals surface area contributed by atoms with Gasteiger partial charge in [-0.15, -0.1) is 0 Å². The fourth-order valence-electron chi connectivity index (χ4n) is 4.30. The Labute approximate surface area is 197 Å². The van der Waals surface area contributed by atoms with E-state index < -0.39 is 47.3 Å². The average Bonchev–Trinajstić information content (AvgIpc) is 2.77. The van der Waals surface area contributed by atoms with E-state index in [4.69, 9.17) is 17.3 Å². The van der Waals surface area contributed by atoms with Crippen molar-refractivity contribution < 1.29 is 27.2 Å². The minimum Gasteiger partial charge on any atom is -0.381 e. The third-order valence-corrected chi connectivity index (χ3v) is 6.10. The largest absolute Gasteiger partial charge is 0.416 e. The molecule has 0 aliphatic carbocycles. The summed E-state index contributed by atoms with van der Waals surface area (Å²) in [5, 5.41) is 2.71. The van der Waals surface area contributed by atoms with Crippen molar-refractivity contribution >= 4 is 40.7 Å². The zero-order valence-corrected chi connectivity index (χ0v) is 18.5. The van der Waals surface area contributed by atoms with Gasteiger partial charge in [-0.2, -0.15) is 17.6 Å². The van der Waals surface area contributed by atoms with Gasteiger partial charge in [-0.25, -0.2) is 9.97 Å². The number of anilines is 3. The predicted molar refractivity (Wildman–Crippen MR) is 117 cm³/mol. The quantitative estimate of drug-likeness (QED) is 0.623. The van der Waals surface area contributed by atoms with Crippen LogP contribution in [0, 0.1) is 5.82 Å². The monoisotopic (exact) mass is 500 g/mol. The Morgan fingerprint density at radius 1 is 1.06 bits per heavy atom. The van der Waals surface area contributed by atoms with Gasteiger partial charge >= 0.3 is 6.18 Å². The van der Waals surface area contributed by atoms with Crippen LogP contribution in [0.2, 0.25) is 5.02 Å². The highest BCUT2D eigenvalue weighted by atomic mass is 35.5. The van der Waals surface area contributed by atoms with Crippen LogP contribution in [-0.2, 0) is 15.8 Å². The summed E-state index contributed by atoms with van der Waals surface area (Å²) in [4.78, 5) is 36.4. The molecule has 0 radical (unpaired) electrons. The van der Waals surface area contributed by atoms with Crippen LogP contribution >= 0.6 is 11.6 Å². The summed E-state index contributed by atoms with van der Waals surface area (Å²) >= 11 is 5.84. The molecule has 0 bridgehead atoms.